The van der Waals surface area contributed by atoms with E-state index in [1.165, 1.54) is 15.9 Å². The van der Waals surface area contributed by atoms with E-state index in [0.29, 0.717) is 11.2 Å². The molecule has 0 saturated carbocycles. The predicted molar refractivity (Wildman–Crippen MR) is 136 cm³/mol. The van der Waals surface area contributed by atoms with Crippen LogP contribution < -0.4 is 20.7 Å². The molecule has 0 fully saturated rings. The fourth-order valence-corrected chi connectivity index (χ4v) is 12.1. The third-order valence-electron chi connectivity index (χ3n) is 5.63. The van der Waals surface area contributed by atoms with Crippen molar-refractivity contribution in [2.75, 3.05) is 7.11 Å². The first-order valence-electron chi connectivity index (χ1n) is 9.79. The van der Waals surface area contributed by atoms with Crippen molar-refractivity contribution < 1.29 is 4.74 Å². The van der Waals surface area contributed by atoms with Gasteiger partial charge in [0.2, 0.25) is 0 Å². The Balaban J connectivity index is 2.13. The van der Waals surface area contributed by atoms with E-state index in [1.807, 2.05) is 18.2 Å². The topological polar surface area (TPSA) is 9.23 Å². The molecular formula is C26H23BrClOP. The molecule has 0 aliphatic rings. The average Bonchev–Trinajstić information content (AvgIpc) is 2.82. The maximum atomic E-state index is 6.76. The molecule has 0 aliphatic carbocycles. The van der Waals surface area contributed by atoms with Gasteiger partial charge in [-0.15, -0.1) is 0 Å². The van der Waals surface area contributed by atoms with Crippen LogP contribution in [0.25, 0.3) is 0 Å². The molecule has 0 unspecified atom stereocenters. The summed E-state index contributed by atoms with van der Waals surface area (Å²) in [5, 5.41) is 1.36. The minimum absolute atomic E-state index is 0.701. The van der Waals surface area contributed by atoms with Crippen molar-refractivity contribution in [2.45, 2.75) is 6.16 Å². The van der Waals surface area contributed by atoms with Gasteiger partial charge in [0.05, 0.1) is 0 Å². The van der Waals surface area contributed by atoms with E-state index >= 15 is 0 Å². The van der Waals surface area contributed by atoms with E-state index in [0.717, 1.165) is 11.3 Å². The molecule has 0 amide bonds. The fraction of sp³-hybridized carbons (Fsp3) is 0.0769. The van der Waals surface area contributed by atoms with Crippen molar-refractivity contribution in [3.05, 3.63) is 120 Å². The zero-order valence-electron chi connectivity index (χ0n) is 16.7. The van der Waals surface area contributed by atoms with Crippen molar-refractivity contribution in [2.24, 2.45) is 0 Å². The third kappa shape index (κ3) is 3.48. The van der Waals surface area contributed by atoms with Crippen molar-refractivity contribution in [1.29, 1.82) is 0 Å². The molecule has 4 rings (SSSR count). The number of methoxy groups -OCH3 is 1. The van der Waals surface area contributed by atoms with Crippen LogP contribution >= 0.6 is 32.4 Å². The molecule has 0 N–H and O–H groups in total. The SMILES string of the molecule is COc1cccc(Cl)c1CP(Br)(c1ccccc1)(c1ccccc1)c1ccccc1. The summed E-state index contributed by atoms with van der Waals surface area (Å²) in [6, 6.07) is 38.0. The maximum absolute atomic E-state index is 6.76. The van der Waals surface area contributed by atoms with Crippen LogP contribution in [0.2, 0.25) is 5.02 Å². The molecular weight excluding hydrogens is 475 g/mol. The summed E-state index contributed by atoms with van der Waals surface area (Å²) in [5.74, 6) is 0.804. The molecule has 0 saturated heterocycles. The quantitative estimate of drug-likeness (QED) is 0.270. The van der Waals surface area contributed by atoms with Gasteiger partial charge in [0.15, 0.2) is 0 Å². The zero-order valence-corrected chi connectivity index (χ0v) is 19.9. The summed E-state index contributed by atoms with van der Waals surface area (Å²) in [4.78, 5) is 0. The van der Waals surface area contributed by atoms with Crippen LogP contribution in [0.4, 0.5) is 0 Å². The number of halogens is 2. The van der Waals surface area contributed by atoms with Gasteiger partial charge in [-0.25, -0.2) is 0 Å². The normalized spacial score (nSPS) is 12.7. The van der Waals surface area contributed by atoms with Crippen molar-refractivity contribution >= 4 is 48.3 Å². The molecule has 4 heteroatoms. The van der Waals surface area contributed by atoms with E-state index in [-0.39, 0.29) is 0 Å². The Morgan fingerprint density at radius 1 is 0.667 bits per heavy atom. The number of hydrogen-bond acceptors (Lipinski definition) is 1. The molecule has 0 bridgehead atoms. The second kappa shape index (κ2) is 8.55. The van der Waals surface area contributed by atoms with E-state index in [4.69, 9.17) is 16.3 Å². The number of benzene rings is 4. The second-order valence-corrected chi connectivity index (χ2v) is 16.6. The first-order valence-corrected chi connectivity index (χ1v) is 14.6. The monoisotopic (exact) mass is 496 g/mol. The molecule has 0 aliphatic heterocycles. The van der Waals surface area contributed by atoms with Crippen LogP contribution in [0, 0.1) is 0 Å². The summed E-state index contributed by atoms with van der Waals surface area (Å²) in [5.41, 5.74) is 1.01. The van der Waals surface area contributed by atoms with Gasteiger partial charge in [0, 0.05) is 0 Å². The first-order chi connectivity index (χ1) is 14.6. The van der Waals surface area contributed by atoms with Crippen LogP contribution in [-0.2, 0) is 6.16 Å². The van der Waals surface area contributed by atoms with Gasteiger partial charge in [0.25, 0.3) is 0 Å². The van der Waals surface area contributed by atoms with Gasteiger partial charge in [-0.3, -0.25) is 0 Å². The Morgan fingerprint density at radius 2 is 1.10 bits per heavy atom. The minimum atomic E-state index is -3.12. The molecule has 4 aromatic rings. The molecule has 0 atom stereocenters. The Labute approximate surface area is 191 Å². The molecule has 0 radical (unpaired) electrons. The third-order valence-corrected chi connectivity index (χ3v) is 15.5. The summed E-state index contributed by atoms with van der Waals surface area (Å²) in [7, 11) is 1.70. The molecule has 0 heterocycles. The van der Waals surface area contributed by atoms with Crippen molar-refractivity contribution in [3.8, 4) is 5.75 Å². The summed E-state index contributed by atoms with van der Waals surface area (Å²) >= 11 is 11.2. The van der Waals surface area contributed by atoms with E-state index in [1.54, 1.807) is 7.11 Å². The molecule has 0 aromatic heterocycles. The second-order valence-electron chi connectivity index (χ2n) is 7.27. The van der Waals surface area contributed by atoms with Gasteiger partial charge < -0.3 is 0 Å². The Hall–Kier alpha value is -2.12. The van der Waals surface area contributed by atoms with E-state index in [2.05, 4.69) is 106 Å². The fourth-order valence-electron chi connectivity index (χ4n) is 4.12. The summed E-state index contributed by atoms with van der Waals surface area (Å²) < 4.78 is 5.74. The zero-order chi connectivity index (χ0) is 21.1. The molecule has 30 heavy (non-hydrogen) atoms. The summed E-state index contributed by atoms with van der Waals surface area (Å²) in [6.45, 7) is 0. The number of rotatable bonds is 6. The van der Waals surface area contributed by atoms with Crippen LogP contribution in [0.5, 0.6) is 5.75 Å². The van der Waals surface area contributed by atoms with Crippen LogP contribution in [0.1, 0.15) is 5.56 Å². The van der Waals surface area contributed by atoms with Gasteiger partial charge in [-0.1, -0.05) is 0 Å². The number of hydrogen-bond donors (Lipinski definition) is 0. The average molecular weight is 498 g/mol. The van der Waals surface area contributed by atoms with Crippen LogP contribution in [0.3, 0.4) is 0 Å². The Bertz CT molecular complexity index is 1030. The Kier molecular flexibility index (Phi) is 6.02. The van der Waals surface area contributed by atoms with Crippen molar-refractivity contribution in [3.63, 3.8) is 0 Å². The van der Waals surface area contributed by atoms with Gasteiger partial charge in [0.1, 0.15) is 0 Å². The van der Waals surface area contributed by atoms with Crippen LogP contribution in [-0.4, -0.2) is 7.11 Å². The number of ether oxygens (including phenoxy) is 1. The first kappa shape index (κ1) is 21.1. The van der Waals surface area contributed by atoms with E-state index < -0.39 is 5.31 Å². The standard InChI is InChI=1S/C26H23BrClOP/c1-29-26-19-11-18-25(28)24(26)20-30(27,21-12-5-2-6-13-21,22-14-7-3-8-15-22)23-16-9-4-10-17-23/h2-19H,20H2,1H3. The predicted octanol–water partition coefficient (Wildman–Crippen LogP) is 6.69. The summed E-state index contributed by atoms with van der Waals surface area (Å²) in [6.07, 6.45) is 0.701. The van der Waals surface area contributed by atoms with Crippen molar-refractivity contribution in [1.82, 2.24) is 0 Å². The van der Waals surface area contributed by atoms with Gasteiger partial charge in [-0.05, 0) is 0 Å². The van der Waals surface area contributed by atoms with Gasteiger partial charge >= 0.3 is 192 Å². The van der Waals surface area contributed by atoms with Gasteiger partial charge in [-0.2, -0.15) is 0 Å². The molecule has 152 valence electrons. The molecule has 1 nitrogen and oxygen atoms in total. The Morgan fingerprint density at radius 3 is 1.50 bits per heavy atom. The van der Waals surface area contributed by atoms with E-state index in [9.17, 15) is 0 Å². The molecule has 0 spiro atoms. The molecule has 4 aromatic carbocycles. The van der Waals surface area contributed by atoms with Crippen LogP contribution in [0.15, 0.2) is 109 Å².